The summed E-state index contributed by atoms with van der Waals surface area (Å²) in [5, 5.41) is 3.98. The third kappa shape index (κ3) is 4.89. The number of rotatable bonds is 6. The van der Waals surface area contributed by atoms with Crippen LogP contribution < -0.4 is 4.72 Å². The molecule has 3 rings (SSSR count). The molecule has 146 valence electrons. The fourth-order valence-electron chi connectivity index (χ4n) is 3.00. The lowest BCUT2D eigenvalue weighted by Crippen LogP contribution is -2.36. The number of likely N-dealkylation sites (tertiary alicyclic amines) is 1. The number of carbonyl (C=O) groups excluding carboxylic acids is 1. The molecule has 10 heteroatoms. The highest BCUT2D eigenvalue weighted by Crippen LogP contribution is 2.25. The second kappa shape index (κ2) is 8.13. The molecule has 0 atom stereocenters. The quantitative estimate of drug-likeness (QED) is 0.792. The van der Waals surface area contributed by atoms with Gasteiger partial charge < -0.3 is 9.42 Å². The lowest BCUT2D eigenvalue weighted by molar-refractivity contribution is -0.129. The van der Waals surface area contributed by atoms with Crippen LogP contribution in [0, 0.1) is 5.82 Å². The van der Waals surface area contributed by atoms with E-state index >= 15 is 0 Å². The maximum atomic E-state index is 13.2. The monoisotopic (exact) mass is 396 g/mol. The third-order valence-corrected chi connectivity index (χ3v) is 5.99. The van der Waals surface area contributed by atoms with Crippen LogP contribution in [-0.4, -0.2) is 49.0 Å². The molecule has 0 saturated carbocycles. The average molecular weight is 396 g/mol. The number of hydrogen-bond donors (Lipinski definition) is 1. The lowest BCUT2D eigenvalue weighted by atomic mass is 9.96. The van der Waals surface area contributed by atoms with Gasteiger partial charge in [0.25, 0.3) is 0 Å². The van der Waals surface area contributed by atoms with E-state index in [9.17, 15) is 17.6 Å². The Morgan fingerprint density at radius 1 is 1.37 bits per heavy atom. The first-order valence-corrected chi connectivity index (χ1v) is 10.2. The van der Waals surface area contributed by atoms with Gasteiger partial charge in [0, 0.05) is 38.9 Å². The zero-order chi connectivity index (χ0) is 19.4. The Balaban J connectivity index is 1.52. The molecule has 1 saturated heterocycles. The molecule has 0 unspecified atom stereocenters. The second-order valence-electron chi connectivity index (χ2n) is 6.43. The minimum absolute atomic E-state index is 0.0588. The van der Waals surface area contributed by atoms with Gasteiger partial charge in [0.15, 0.2) is 5.82 Å². The van der Waals surface area contributed by atoms with E-state index in [1.165, 1.54) is 18.2 Å². The van der Waals surface area contributed by atoms with Crippen molar-refractivity contribution in [2.24, 2.45) is 0 Å². The summed E-state index contributed by atoms with van der Waals surface area (Å²) in [6.07, 6.45) is 1.77. The van der Waals surface area contributed by atoms with E-state index in [1.54, 1.807) is 11.8 Å². The first-order chi connectivity index (χ1) is 12.8. The molecule has 8 nitrogen and oxygen atoms in total. The molecule has 0 radical (unpaired) electrons. The van der Waals surface area contributed by atoms with Crippen molar-refractivity contribution in [3.05, 3.63) is 41.8 Å². The highest BCUT2D eigenvalue weighted by Gasteiger charge is 2.25. The molecular formula is C17H21FN4O4S. The SMILES string of the molecule is CC(=O)N1CCC(c2noc(CCNS(=O)(=O)c3cccc(F)c3)n2)CC1. The second-order valence-corrected chi connectivity index (χ2v) is 8.20. The molecule has 0 aliphatic carbocycles. The molecule has 1 aliphatic heterocycles. The van der Waals surface area contributed by atoms with Crippen LogP contribution in [0.25, 0.3) is 0 Å². The molecule has 1 aromatic heterocycles. The number of nitrogens with zero attached hydrogens (tertiary/aromatic N) is 3. The molecule has 0 bridgehead atoms. The number of hydrogen-bond acceptors (Lipinski definition) is 6. The van der Waals surface area contributed by atoms with Crippen LogP contribution in [0.1, 0.15) is 37.4 Å². The third-order valence-electron chi connectivity index (χ3n) is 4.53. The van der Waals surface area contributed by atoms with E-state index in [0.29, 0.717) is 24.8 Å². The zero-order valence-corrected chi connectivity index (χ0v) is 15.7. The lowest BCUT2D eigenvalue weighted by Gasteiger charge is -2.29. The highest BCUT2D eigenvalue weighted by atomic mass is 32.2. The van der Waals surface area contributed by atoms with E-state index in [1.807, 2.05) is 0 Å². The molecule has 1 aromatic carbocycles. The fourth-order valence-corrected chi connectivity index (χ4v) is 4.06. The number of nitrogens with one attached hydrogen (secondary N) is 1. The van der Waals surface area contributed by atoms with Crippen molar-refractivity contribution >= 4 is 15.9 Å². The van der Waals surface area contributed by atoms with Gasteiger partial charge in [0.1, 0.15) is 5.82 Å². The number of carbonyl (C=O) groups is 1. The van der Waals surface area contributed by atoms with Crippen LogP contribution in [0.15, 0.2) is 33.7 Å². The van der Waals surface area contributed by atoms with E-state index in [0.717, 1.165) is 18.9 Å². The Morgan fingerprint density at radius 3 is 2.78 bits per heavy atom. The molecule has 2 heterocycles. The van der Waals surface area contributed by atoms with Gasteiger partial charge in [0.2, 0.25) is 21.8 Å². The first-order valence-electron chi connectivity index (χ1n) is 8.68. The summed E-state index contributed by atoms with van der Waals surface area (Å²) in [4.78, 5) is 17.4. The Hall–Kier alpha value is -2.33. The van der Waals surface area contributed by atoms with Crippen molar-refractivity contribution in [2.75, 3.05) is 19.6 Å². The van der Waals surface area contributed by atoms with Crippen LogP contribution in [0.5, 0.6) is 0 Å². The molecule has 27 heavy (non-hydrogen) atoms. The maximum absolute atomic E-state index is 13.2. The summed E-state index contributed by atoms with van der Waals surface area (Å²) in [5.74, 6) is 0.493. The van der Waals surface area contributed by atoms with E-state index < -0.39 is 15.8 Å². The van der Waals surface area contributed by atoms with Crippen molar-refractivity contribution in [3.8, 4) is 0 Å². The van der Waals surface area contributed by atoms with Gasteiger partial charge in [0.05, 0.1) is 4.90 Å². The predicted molar refractivity (Wildman–Crippen MR) is 93.8 cm³/mol. The largest absolute Gasteiger partial charge is 0.343 e. The van der Waals surface area contributed by atoms with Gasteiger partial charge in [-0.1, -0.05) is 11.2 Å². The molecule has 1 N–H and O–H groups in total. The molecule has 1 aliphatic rings. The first kappa shape index (κ1) is 19.4. The van der Waals surface area contributed by atoms with Gasteiger partial charge in [-0.3, -0.25) is 4.79 Å². The molecule has 1 amide bonds. The Labute approximate surface area is 156 Å². The predicted octanol–water partition coefficient (Wildman–Crippen LogP) is 1.46. The number of benzene rings is 1. The van der Waals surface area contributed by atoms with Crippen molar-refractivity contribution in [1.29, 1.82) is 0 Å². The summed E-state index contributed by atoms with van der Waals surface area (Å²) in [6, 6.07) is 4.80. The van der Waals surface area contributed by atoms with E-state index in [-0.39, 0.29) is 29.7 Å². The number of aromatic nitrogens is 2. The topological polar surface area (TPSA) is 105 Å². The smallest absolute Gasteiger partial charge is 0.240 e. The van der Waals surface area contributed by atoms with Crippen LogP contribution in [0.3, 0.4) is 0 Å². The zero-order valence-electron chi connectivity index (χ0n) is 14.9. The maximum Gasteiger partial charge on any atom is 0.240 e. The van der Waals surface area contributed by atoms with Crippen molar-refractivity contribution < 1.29 is 22.1 Å². The molecule has 0 spiro atoms. The van der Waals surface area contributed by atoms with Gasteiger partial charge in [-0.25, -0.2) is 17.5 Å². The summed E-state index contributed by atoms with van der Waals surface area (Å²) in [5.41, 5.74) is 0. The minimum Gasteiger partial charge on any atom is -0.343 e. The minimum atomic E-state index is -3.80. The number of sulfonamides is 1. The number of halogens is 1. The van der Waals surface area contributed by atoms with Gasteiger partial charge >= 0.3 is 0 Å². The van der Waals surface area contributed by atoms with Crippen LogP contribution in [-0.2, 0) is 21.2 Å². The Kier molecular flexibility index (Phi) is 5.85. The summed E-state index contributed by atoms with van der Waals surface area (Å²) in [7, 11) is -3.80. The number of amides is 1. The van der Waals surface area contributed by atoms with Gasteiger partial charge in [-0.15, -0.1) is 0 Å². The van der Waals surface area contributed by atoms with Gasteiger partial charge in [-0.2, -0.15) is 4.98 Å². The summed E-state index contributed by atoms with van der Waals surface area (Å²) in [6.45, 7) is 2.94. The molecule has 1 fully saturated rings. The van der Waals surface area contributed by atoms with Gasteiger partial charge in [-0.05, 0) is 31.0 Å². The van der Waals surface area contributed by atoms with Crippen molar-refractivity contribution in [3.63, 3.8) is 0 Å². The van der Waals surface area contributed by atoms with Crippen LogP contribution >= 0.6 is 0 Å². The summed E-state index contributed by atoms with van der Waals surface area (Å²) >= 11 is 0. The Bertz CT molecular complexity index is 907. The molecule has 2 aromatic rings. The Morgan fingerprint density at radius 2 is 2.11 bits per heavy atom. The average Bonchev–Trinajstić information content (AvgIpc) is 3.10. The van der Waals surface area contributed by atoms with Crippen LogP contribution in [0.4, 0.5) is 4.39 Å². The number of piperidine rings is 1. The van der Waals surface area contributed by atoms with E-state index in [4.69, 9.17) is 4.52 Å². The highest BCUT2D eigenvalue weighted by molar-refractivity contribution is 7.89. The normalized spacial score (nSPS) is 15.9. The standard InChI is InChI=1S/C17H21FN4O4S/c1-12(23)22-9-6-13(7-10-22)17-20-16(26-21-17)5-8-19-27(24,25)15-4-2-3-14(18)11-15/h2-4,11,13,19H,5-10H2,1H3. The van der Waals surface area contributed by atoms with E-state index in [2.05, 4.69) is 14.9 Å². The van der Waals surface area contributed by atoms with Crippen LogP contribution in [0.2, 0.25) is 0 Å². The summed E-state index contributed by atoms with van der Waals surface area (Å²) < 4.78 is 45.0. The van der Waals surface area contributed by atoms with Crippen molar-refractivity contribution in [2.45, 2.75) is 37.0 Å². The fraction of sp³-hybridized carbons (Fsp3) is 0.471. The molecular weight excluding hydrogens is 375 g/mol. The van der Waals surface area contributed by atoms with Crippen molar-refractivity contribution in [1.82, 2.24) is 19.8 Å².